The minimum Gasteiger partial charge on any atom is -0.479 e. The molecule has 2 rings (SSSR count). The highest BCUT2D eigenvalue weighted by Gasteiger charge is 2.21. The molecule has 2 unspecified atom stereocenters. The maximum Gasteiger partial charge on any atom is 0.260 e. The zero-order valence-electron chi connectivity index (χ0n) is 13.5. The van der Waals surface area contributed by atoms with Crippen molar-refractivity contribution in [2.75, 3.05) is 20.6 Å². The van der Waals surface area contributed by atoms with Crippen LogP contribution in [-0.2, 0) is 4.79 Å². The van der Waals surface area contributed by atoms with Crippen LogP contribution < -0.4 is 10.1 Å². The van der Waals surface area contributed by atoms with Gasteiger partial charge in [-0.2, -0.15) is 0 Å². The zero-order valence-corrected chi connectivity index (χ0v) is 14.2. The highest BCUT2D eigenvalue weighted by atomic mass is 35.5. The highest BCUT2D eigenvalue weighted by Crippen LogP contribution is 2.24. The van der Waals surface area contributed by atoms with Crippen molar-refractivity contribution in [2.24, 2.45) is 0 Å². The van der Waals surface area contributed by atoms with Crippen LogP contribution in [-0.4, -0.2) is 37.6 Å². The molecule has 2 atom stereocenters. The van der Waals surface area contributed by atoms with Gasteiger partial charge in [-0.1, -0.05) is 23.7 Å². The molecule has 0 bridgehead atoms. The summed E-state index contributed by atoms with van der Waals surface area (Å²) in [6, 6.07) is 10.8. The number of ether oxygens (including phenoxy) is 1. The van der Waals surface area contributed by atoms with Crippen LogP contribution in [0.15, 0.2) is 47.1 Å². The van der Waals surface area contributed by atoms with Gasteiger partial charge in [0.25, 0.3) is 5.91 Å². The van der Waals surface area contributed by atoms with Gasteiger partial charge in [0.2, 0.25) is 0 Å². The first-order valence-electron chi connectivity index (χ1n) is 7.37. The Kier molecular flexibility index (Phi) is 6.07. The normalized spacial score (nSPS) is 13.6. The molecule has 1 heterocycles. The van der Waals surface area contributed by atoms with E-state index in [1.807, 2.05) is 43.3 Å². The third kappa shape index (κ3) is 4.74. The number of furan rings is 1. The molecule has 1 aromatic carbocycles. The minimum absolute atomic E-state index is 0.0403. The summed E-state index contributed by atoms with van der Waals surface area (Å²) >= 11 is 6.03. The molecule has 2 aromatic rings. The monoisotopic (exact) mass is 336 g/mol. The number of carbonyl (C=O) groups is 1. The maximum atomic E-state index is 12.2. The molecule has 0 aliphatic carbocycles. The highest BCUT2D eigenvalue weighted by molar-refractivity contribution is 6.32. The number of carbonyl (C=O) groups excluding carboxylic acids is 1. The first-order valence-corrected chi connectivity index (χ1v) is 7.75. The lowest BCUT2D eigenvalue weighted by Crippen LogP contribution is -2.40. The molecular weight excluding hydrogens is 316 g/mol. The third-order valence-corrected chi connectivity index (χ3v) is 3.79. The second-order valence-corrected chi connectivity index (χ2v) is 5.84. The zero-order chi connectivity index (χ0) is 16.8. The van der Waals surface area contributed by atoms with Crippen LogP contribution in [0.25, 0.3) is 0 Å². The van der Waals surface area contributed by atoms with Gasteiger partial charge in [0.15, 0.2) is 6.10 Å². The topological polar surface area (TPSA) is 54.7 Å². The van der Waals surface area contributed by atoms with E-state index in [9.17, 15) is 4.79 Å². The van der Waals surface area contributed by atoms with Crippen molar-refractivity contribution in [1.29, 1.82) is 0 Å². The van der Waals surface area contributed by atoms with E-state index in [0.29, 0.717) is 17.3 Å². The van der Waals surface area contributed by atoms with Crippen LogP contribution in [0.4, 0.5) is 0 Å². The lowest BCUT2D eigenvalue weighted by atomic mass is 10.2. The van der Waals surface area contributed by atoms with E-state index in [1.54, 1.807) is 25.3 Å². The van der Waals surface area contributed by atoms with Crippen molar-refractivity contribution < 1.29 is 13.9 Å². The molecule has 6 heteroatoms. The fourth-order valence-electron chi connectivity index (χ4n) is 2.14. The molecule has 0 saturated heterocycles. The lowest BCUT2D eigenvalue weighted by molar-refractivity contribution is -0.127. The van der Waals surface area contributed by atoms with Crippen LogP contribution in [0, 0.1) is 0 Å². The summed E-state index contributed by atoms with van der Waals surface area (Å²) in [5.74, 6) is 1.09. The van der Waals surface area contributed by atoms with E-state index in [0.717, 1.165) is 5.76 Å². The van der Waals surface area contributed by atoms with Crippen molar-refractivity contribution >= 4 is 17.5 Å². The molecule has 0 fully saturated rings. The van der Waals surface area contributed by atoms with Gasteiger partial charge >= 0.3 is 0 Å². The predicted octanol–water partition coefficient (Wildman–Crippen LogP) is 3.12. The van der Waals surface area contributed by atoms with Crippen molar-refractivity contribution in [2.45, 2.75) is 19.1 Å². The first kappa shape index (κ1) is 17.4. The summed E-state index contributed by atoms with van der Waals surface area (Å²) < 4.78 is 11.0. The summed E-state index contributed by atoms with van der Waals surface area (Å²) in [6.07, 6.45) is 0.978. The number of nitrogens with one attached hydrogen (secondary N) is 1. The van der Waals surface area contributed by atoms with Crippen molar-refractivity contribution in [3.63, 3.8) is 0 Å². The van der Waals surface area contributed by atoms with Gasteiger partial charge in [0.1, 0.15) is 11.5 Å². The maximum absolute atomic E-state index is 12.2. The average Bonchev–Trinajstić information content (AvgIpc) is 3.03. The van der Waals surface area contributed by atoms with Crippen LogP contribution >= 0.6 is 11.6 Å². The summed E-state index contributed by atoms with van der Waals surface area (Å²) in [5, 5.41) is 3.36. The molecule has 1 amide bonds. The van der Waals surface area contributed by atoms with Gasteiger partial charge in [-0.05, 0) is 45.3 Å². The summed E-state index contributed by atoms with van der Waals surface area (Å²) in [5.41, 5.74) is 0. The Hall–Kier alpha value is -1.98. The molecule has 5 nitrogen and oxygen atoms in total. The average molecular weight is 337 g/mol. The molecule has 0 spiro atoms. The van der Waals surface area contributed by atoms with Crippen molar-refractivity contribution in [3.8, 4) is 5.75 Å². The van der Waals surface area contributed by atoms with E-state index < -0.39 is 6.10 Å². The van der Waals surface area contributed by atoms with E-state index in [-0.39, 0.29) is 11.9 Å². The summed E-state index contributed by atoms with van der Waals surface area (Å²) in [7, 11) is 3.87. The second kappa shape index (κ2) is 8.04. The fourth-order valence-corrected chi connectivity index (χ4v) is 2.32. The molecule has 0 saturated carbocycles. The Morgan fingerprint density at radius 1 is 1.30 bits per heavy atom. The number of benzene rings is 1. The number of halogens is 1. The summed E-state index contributed by atoms with van der Waals surface area (Å²) in [4.78, 5) is 14.2. The van der Waals surface area contributed by atoms with Crippen LogP contribution in [0.3, 0.4) is 0 Å². The van der Waals surface area contributed by atoms with Gasteiger partial charge in [-0.15, -0.1) is 0 Å². The number of hydrogen-bond acceptors (Lipinski definition) is 4. The molecular formula is C17H21ClN2O3. The number of nitrogens with zero attached hydrogens (tertiary/aromatic N) is 1. The smallest absolute Gasteiger partial charge is 0.260 e. The largest absolute Gasteiger partial charge is 0.479 e. The fraction of sp³-hybridized carbons (Fsp3) is 0.353. The lowest BCUT2D eigenvalue weighted by Gasteiger charge is -2.23. The SMILES string of the molecule is CC(Oc1ccccc1Cl)C(=O)NCC(c1ccco1)N(C)C. The molecule has 1 N–H and O–H groups in total. The first-order chi connectivity index (χ1) is 11.0. The number of hydrogen-bond donors (Lipinski definition) is 1. The summed E-state index contributed by atoms with van der Waals surface area (Å²) in [6.45, 7) is 2.12. The van der Waals surface area contributed by atoms with Crippen molar-refractivity contribution in [1.82, 2.24) is 10.2 Å². The standard InChI is InChI=1S/C17H21ClN2O3/c1-12(23-15-8-5-4-7-13(15)18)17(21)19-11-14(20(2)3)16-9-6-10-22-16/h4-10,12,14H,11H2,1-3H3,(H,19,21). The molecule has 0 aliphatic rings. The third-order valence-electron chi connectivity index (χ3n) is 3.47. The van der Waals surface area contributed by atoms with E-state index >= 15 is 0 Å². The molecule has 0 radical (unpaired) electrons. The number of rotatable bonds is 7. The van der Waals surface area contributed by atoms with Gasteiger partial charge in [0, 0.05) is 6.54 Å². The van der Waals surface area contributed by atoms with E-state index in [1.165, 1.54) is 0 Å². The Labute approximate surface area is 141 Å². The van der Waals surface area contributed by atoms with E-state index in [2.05, 4.69) is 5.32 Å². The van der Waals surface area contributed by atoms with E-state index in [4.69, 9.17) is 20.8 Å². The number of para-hydroxylation sites is 1. The Morgan fingerprint density at radius 3 is 2.65 bits per heavy atom. The quantitative estimate of drug-likeness (QED) is 0.844. The van der Waals surface area contributed by atoms with Crippen LogP contribution in [0.1, 0.15) is 18.7 Å². The Bertz CT molecular complexity index is 629. The minimum atomic E-state index is -0.644. The number of likely N-dealkylation sites (N-methyl/N-ethyl adjacent to an activating group) is 1. The Morgan fingerprint density at radius 2 is 2.04 bits per heavy atom. The van der Waals surface area contributed by atoms with Gasteiger partial charge in [0.05, 0.1) is 17.3 Å². The second-order valence-electron chi connectivity index (χ2n) is 5.43. The Balaban J connectivity index is 1.92. The molecule has 124 valence electrons. The van der Waals surface area contributed by atoms with Gasteiger partial charge in [-0.25, -0.2) is 0 Å². The molecule has 0 aliphatic heterocycles. The molecule has 1 aromatic heterocycles. The van der Waals surface area contributed by atoms with Crippen molar-refractivity contribution in [3.05, 3.63) is 53.4 Å². The van der Waals surface area contributed by atoms with Crippen LogP contribution in [0.5, 0.6) is 5.75 Å². The number of amides is 1. The van der Waals surface area contributed by atoms with Gasteiger partial charge in [-0.3, -0.25) is 9.69 Å². The predicted molar refractivity (Wildman–Crippen MR) is 89.7 cm³/mol. The van der Waals surface area contributed by atoms with Gasteiger partial charge < -0.3 is 14.5 Å². The molecule has 23 heavy (non-hydrogen) atoms. The van der Waals surface area contributed by atoms with Crippen LogP contribution in [0.2, 0.25) is 5.02 Å².